The summed E-state index contributed by atoms with van der Waals surface area (Å²) in [5.74, 6) is 0. The van der Waals surface area contributed by atoms with Crippen molar-refractivity contribution in [2.75, 3.05) is 7.05 Å². The zero-order valence-corrected chi connectivity index (χ0v) is 9.56. The Morgan fingerprint density at radius 3 is 2.69 bits per heavy atom. The lowest BCUT2D eigenvalue weighted by atomic mass is 10.0. The van der Waals surface area contributed by atoms with Gasteiger partial charge in [-0.2, -0.15) is 0 Å². The molecule has 1 aromatic rings. The molecule has 1 rings (SSSR count). The van der Waals surface area contributed by atoms with E-state index in [0.29, 0.717) is 0 Å². The van der Waals surface area contributed by atoms with Crippen LogP contribution in [-0.2, 0) is 0 Å². The average molecular weight is 240 g/mol. The van der Waals surface area contributed by atoms with E-state index in [9.17, 15) is 0 Å². The van der Waals surface area contributed by atoms with Gasteiger partial charge in [-0.3, -0.25) is 0 Å². The van der Waals surface area contributed by atoms with Crippen LogP contribution in [0.5, 0.6) is 0 Å². The van der Waals surface area contributed by atoms with Crippen molar-refractivity contribution in [1.82, 2.24) is 5.32 Å². The van der Waals surface area contributed by atoms with E-state index < -0.39 is 0 Å². The van der Waals surface area contributed by atoms with Crippen LogP contribution in [0.2, 0.25) is 0 Å². The third kappa shape index (κ3) is 2.42. The predicted octanol–water partition coefficient (Wildman–Crippen LogP) is 3.20. The second-order valence-electron chi connectivity index (χ2n) is 3.00. The second-order valence-corrected chi connectivity index (χ2v) is 3.92. The molecule has 0 saturated carbocycles. The molecule has 0 spiro atoms. The lowest BCUT2D eigenvalue weighted by molar-refractivity contribution is 0.711. The van der Waals surface area contributed by atoms with Gasteiger partial charge in [-0.05, 0) is 37.2 Å². The Hall–Kier alpha value is -0.600. The molecule has 0 bridgehead atoms. The summed E-state index contributed by atoms with van der Waals surface area (Å²) in [6, 6.07) is 6.52. The van der Waals surface area contributed by atoms with Crippen LogP contribution in [0, 0.1) is 6.92 Å². The smallest absolute Gasteiger partial charge is 0.0503 e. The lowest BCUT2D eigenvalue weighted by Gasteiger charge is -2.14. The molecule has 2 heteroatoms. The first-order valence-electron chi connectivity index (χ1n) is 4.25. The topological polar surface area (TPSA) is 12.0 Å². The largest absolute Gasteiger partial charge is 0.310 e. The fraction of sp³-hybridized carbons (Fsp3) is 0.273. The number of rotatable bonds is 3. The normalized spacial score (nSPS) is 12.5. The molecule has 13 heavy (non-hydrogen) atoms. The van der Waals surface area contributed by atoms with Crippen LogP contribution >= 0.6 is 15.9 Å². The van der Waals surface area contributed by atoms with Gasteiger partial charge >= 0.3 is 0 Å². The second kappa shape index (κ2) is 4.58. The van der Waals surface area contributed by atoms with Crippen molar-refractivity contribution in [3.63, 3.8) is 0 Å². The summed E-state index contributed by atoms with van der Waals surface area (Å²) in [5.41, 5.74) is 2.55. The Balaban J connectivity index is 3.06. The molecule has 0 aromatic heterocycles. The molecule has 1 atom stereocenters. The van der Waals surface area contributed by atoms with Gasteiger partial charge in [0.15, 0.2) is 0 Å². The van der Waals surface area contributed by atoms with Crippen molar-refractivity contribution in [2.24, 2.45) is 0 Å². The minimum atomic E-state index is 0.244. The van der Waals surface area contributed by atoms with Crippen molar-refractivity contribution in [3.8, 4) is 0 Å². The average Bonchev–Trinajstić information content (AvgIpc) is 2.10. The Labute approximate surface area is 88.0 Å². The van der Waals surface area contributed by atoms with E-state index >= 15 is 0 Å². The number of aryl methyl sites for hydroxylation is 1. The quantitative estimate of drug-likeness (QED) is 0.800. The first kappa shape index (κ1) is 10.5. The van der Waals surface area contributed by atoms with E-state index in [1.165, 1.54) is 11.1 Å². The first-order chi connectivity index (χ1) is 6.19. The molecule has 1 aromatic carbocycles. The van der Waals surface area contributed by atoms with Crippen LogP contribution in [-0.4, -0.2) is 7.05 Å². The van der Waals surface area contributed by atoms with E-state index in [4.69, 9.17) is 0 Å². The maximum atomic E-state index is 3.80. The molecule has 1 nitrogen and oxygen atoms in total. The minimum Gasteiger partial charge on any atom is -0.310 e. The molecule has 0 heterocycles. The van der Waals surface area contributed by atoms with Gasteiger partial charge in [0.05, 0.1) is 6.04 Å². The van der Waals surface area contributed by atoms with Crippen molar-refractivity contribution < 1.29 is 0 Å². The SMILES string of the molecule is C=CC(NC)c1ccc(Br)cc1C. The zero-order valence-electron chi connectivity index (χ0n) is 7.97. The van der Waals surface area contributed by atoms with Gasteiger partial charge in [-0.25, -0.2) is 0 Å². The number of halogens is 1. The Bertz CT molecular complexity index is 307. The molecule has 0 aliphatic carbocycles. The molecule has 0 fully saturated rings. The fourth-order valence-corrected chi connectivity index (χ4v) is 1.86. The molecule has 0 radical (unpaired) electrons. The van der Waals surface area contributed by atoms with Crippen LogP contribution in [0.3, 0.4) is 0 Å². The Morgan fingerprint density at radius 1 is 1.54 bits per heavy atom. The van der Waals surface area contributed by atoms with E-state index in [0.717, 1.165) is 4.47 Å². The van der Waals surface area contributed by atoms with Crippen molar-refractivity contribution >= 4 is 15.9 Å². The summed E-state index contributed by atoms with van der Waals surface area (Å²) in [7, 11) is 1.94. The number of hydrogen-bond acceptors (Lipinski definition) is 1. The zero-order chi connectivity index (χ0) is 9.84. The summed E-state index contributed by atoms with van der Waals surface area (Å²) in [5, 5.41) is 3.19. The van der Waals surface area contributed by atoms with Gasteiger partial charge in [0.1, 0.15) is 0 Å². The van der Waals surface area contributed by atoms with Crippen LogP contribution in [0.4, 0.5) is 0 Å². The number of likely N-dealkylation sites (N-methyl/N-ethyl adjacent to an activating group) is 1. The minimum absolute atomic E-state index is 0.244. The number of hydrogen-bond donors (Lipinski definition) is 1. The molecule has 0 aliphatic heterocycles. The monoisotopic (exact) mass is 239 g/mol. The van der Waals surface area contributed by atoms with Gasteiger partial charge < -0.3 is 5.32 Å². The molecular weight excluding hydrogens is 226 g/mol. The number of benzene rings is 1. The Kier molecular flexibility index (Phi) is 3.70. The standard InChI is InChI=1S/C11H14BrN/c1-4-11(13-3)10-6-5-9(12)7-8(10)2/h4-7,11,13H,1H2,2-3H3. The van der Waals surface area contributed by atoms with E-state index in [1.807, 2.05) is 13.1 Å². The summed E-state index contributed by atoms with van der Waals surface area (Å²) >= 11 is 3.44. The highest BCUT2D eigenvalue weighted by molar-refractivity contribution is 9.10. The maximum absolute atomic E-state index is 3.80. The highest BCUT2D eigenvalue weighted by Gasteiger charge is 2.06. The summed E-state index contributed by atoms with van der Waals surface area (Å²) in [6.07, 6.45) is 1.91. The van der Waals surface area contributed by atoms with Crippen molar-refractivity contribution in [3.05, 3.63) is 46.5 Å². The first-order valence-corrected chi connectivity index (χ1v) is 5.04. The third-order valence-corrected chi connectivity index (χ3v) is 2.61. The van der Waals surface area contributed by atoms with Gasteiger partial charge in [0.25, 0.3) is 0 Å². The molecule has 1 N–H and O–H groups in total. The van der Waals surface area contributed by atoms with Crippen LogP contribution < -0.4 is 5.32 Å². The fourth-order valence-electron chi connectivity index (χ4n) is 1.39. The maximum Gasteiger partial charge on any atom is 0.0503 e. The van der Waals surface area contributed by atoms with Gasteiger partial charge in [-0.15, -0.1) is 6.58 Å². The molecule has 0 saturated heterocycles. The highest BCUT2D eigenvalue weighted by atomic mass is 79.9. The predicted molar refractivity (Wildman–Crippen MR) is 60.9 cm³/mol. The Morgan fingerprint density at radius 2 is 2.23 bits per heavy atom. The highest BCUT2D eigenvalue weighted by Crippen LogP contribution is 2.21. The molecule has 1 unspecified atom stereocenters. The molecule has 0 amide bonds. The molecular formula is C11H14BrN. The van der Waals surface area contributed by atoms with Crippen LogP contribution in [0.1, 0.15) is 17.2 Å². The lowest BCUT2D eigenvalue weighted by Crippen LogP contribution is -2.14. The number of nitrogens with one attached hydrogen (secondary N) is 1. The third-order valence-electron chi connectivity index (χ3n) is 2.11. The van der Waals surface area contributed by atoms with Gasteiger partial charge in [0, 0.05) is 4.47 Å². The van der Waals surface area contributed by atoms with Crippen LogP contribution in [0.25, 0.3) is 0 Å². The van der Waals surface area contributed by atoms with E-state index in [-0.39, 0.29) is 6.04 Å². The van der Waals surface area contributed by atoms with Crippen molar-refractivity contribution in [1.29, 1.82) is 0 Å². The summed E-state index contributed by atoms with van der Waals surface area (Å²) in [4.78, 5) is 0. The van der Waals surface area contributed by atoms with Crippen molar-refractivity contribution in [2.45, 2.75) is 13.0 Å². The molecule has 0 aliphatic rings. The van der Waals surface area contributed by atoms with E-state index in [2.05, 4.69) is 52.9 Å². The van der Waals surface area contributed by atoms with Gasteiger partial charge in [-0.1, -0.05) is 28.1 Å². The summed E-state index contributed by atoms with van der Waals surface area (Å²) < 4.78 is 1.12. The van der Waals surface area contributed by atoms with Crippen LogP contribution in [0.15, 0.2) is 35.3 Å². The van der Waals surface area contributed by atoms with E-state index in [1.54, 1.807) is 0 Å². The van der Waals surface area contributed by atoms with Gasteiger partial charge in [0.2, 0.25) is 0 Å². The summed E-state index contributed by atoms with van der Waals surface area (Å²) in [6.45, 7) is 5.90. The molecule has 70 valence electrons.